The molecule has 0 spiro atoms. The molecule has 0 aliphatic heterocycles. The number of rotatable bonds is 16. The van der Waals surface area contributed by atoms with Gasteiger partial charge in [-0.3, -0.25) is 4.79 Å². The number of hydrogen-bond acceptors (Lipinski definition) is 3. The molecule has 0 heterocycles. The number of carbonyl (C=O) groups excluding carboxylic acids is 1. The Bertz CT molecular complexity index is 476. The van der Waals surface area contributed by atoms with Gasteiger partial charge in [-0.1, -0.05) is 90.4 Å². The maximum atomic E-state index is 12.0. The highest BCUT2D eigenvalue weighted by molar-refractivity contribution is 5.96. The zero-order valence-electron chi connectivity index (χ0n) is 16.6. The normalized spacial score (nSPS) is 11.0. The Morgan fingerprint density at radius 1 is 0.654 bits per heavy atom. The third-order valence-electron chi connectivity index (χ3n) is 4.98. The predicted octanol–water partition coefficient (Wildman–Crippen LogP) is 7.15. The first-order valence-electron chi connectivity index (χ1n) is 10.7. The first-order valence-corrected chi connectivity index (χ1v) is 10.7. The fourth-order valence-corrected chi connectivity index (χ4v) is 3.38. The van der Waals surface area contributed by atoms with E-state index in [2.05, 4.69) is 6.92 Å². The van der Waals surface area contributed by atoms with Gasteiger partial charge in [0.2, 0.25) is 0 Å². The molecule has 0 bridgehead atoms. The molecule has 0 amide bonds. The summed E-state index contributed by atoms with van der Waals surface area (Å²) in [6.07, 6.45) is 18.7. The third kappa shape index (κ3) is 11.2. The van der Waals surface area contributed by atoms with Gasteiger partial charge in [0.1, 0.15) is 11.5 Å². The maximum Gasteiger partial charge on any atom is 0.163 e. The quantitative estimate of drug-likeness (QED) is 0.242. The van der Waals surface area contributed by atoms with Crippen LogP contribution in [0.5, 0.6) is 11.5 Å². The van der Waals surface area contributed by atoms with Crippen molar-refractivity contribution < 1.29 is 15.0 Å². The van der Waals surface area contributed by atoms with E-state index in [1.807, 2.05) is 0 Å². The molecule has 3 nitrogen and oxygen atoms in total. The molecule has 1 aromatic carbocycles. The third-order valence-corrected chi connectivity index (χ3v) is 4.98. The van der Waals surface area contributed by atoms with Crippen LogP contribution >= 0.6 is 0 Å². The van der Waals surface area contributed by atoms with Crippen LogP contribution in [0.2, 0.25) is 0 Å². The van der Waals surface area contributed by atoms with Crippen molar-refractivity contribution in [3.63, 3.8) is 0 Å². The molecule has 2 N–H and O–H groups in total. The van der Waals surface area contributed by atoms with Gasteiger partial charge in [0.15, 0.2) is 5.78 Å². The summed E-state index contributed by atoms with van der Waals surface area (Å²) in [5, 5.41) is 18.8. The van der Waals surface area contributed by atoms with Gasteiger partial charge in [-0.05, 0) is 18.6 Å². The SMILES string of the molecule is CCCCCCCCCCCCCCCCC(=O)c1cc(O)cc(O)c1. The van der Waals surface area contributed by atoms with Crippen molar-refractivity contribution in [2.24, 2.45) is 0 Å². The Kier molecular flexibility index (Phi) is 12.7. The number of phenolic OH excluding ortho intramolecular Hbond substituents is 2. The zero-order valence-corrected chi connectivity index (χ0v) is 16.6. The highest BCUT2D eigenvalue weighted by Gasteiger charge is 2.08. The molecule has 0 atom stereocenters. The molecule has 3 heteroatoms. The summed E-state index contributed by atoms with van der Waals surface area (Å²) in [5.41, 5.74) is 0.400. The zero-order chi connectivity index (χ0) is 19.0. The number of ketones is 1. The lowest BCUT2D eigenvalue weighted by atomic mass is 10.0. The monoisotopic (exact) mass is 362 g/mol. The first kappa shape index (κ1) is 22.5. The minimum atomic E-state index is -0.0608. The molecular weight excluding hydrogens is 324 g/mol. The largest absolute Gasteiger partial charge is 0.508 e. The van der Waals surface area contributed by atoms with Gasteiger partial charge in [-0.2, -0.15) is 0 Å². The summed E-state index contributed by atoms with van der Waals surface area (Å²) in [6.45, 7) is 2.26. The van der Waals surface area contributed by atoms with E-state index in [9.17, 15) is 15.0 Å². The van der Waals surface area contributed by atoms with E-state index in [0.29, 0.717) is 12.0 Å². The van der Waals surface area contributed by atoms with Crippen molar-refractivity contribution in [1.29, 1.82) is 0 Å². The summed E-state index contributed by atoms with van der Waals surface area (Å²) >= 11 is 0. The van der Waals surface area contributed by atoms with Gasteiger partial charge < -0.3 is 10.2 Å². The van der Waals surface area contributed by atoms with Crippen LogP contribution in [0.1, 0.15) is 114 Å². The lowest BCUT2D eigenvalue weighted by Crippen LogP contribution is -1.98. The average molecular weight is 363 g/mol. The molecule has 0 unspecified atom stereocenters. The number of hydrogen-bond donors (Lipinski definition) is 2. The maximum absolute atomic E-state index is 12.0. The van der Waals surface area contributed by atoms with Gasteiger partial charge in [-0.25, -0.2) is 0 Å². The van der Waals surface area contributed by atoms with Crippen LogP contribution in [-0.2, 0) is 0 Å². The lowest BCUT2D eigenvalue weighted by Gasteiger charge is -2.04. The Hall–Kier alpha value is -1.51. The molecule has 148 valence electrons. The summed E-state index contributed by atoms with van der Waals surface area (Å²) in [7, 11) is 0. The van der Waals surface area contributed by atoms with Crippen molar-refractivity contribution in [3.05, 3.63) is 23.8 Å². The Labute approximate surface area is 159 Å². The molecule has 1 aromatic rings. The highest BCUT2D eigenvalue weighted by Crippen LogP contribution is 2.22. The van der Waals surface area contributed by atoms with E-state index in [1.54, 1.807) is 0 Å². The molecule has 0 radical (unpaired) electrons. The van der Waals surface area contributed by atoms with E-state index in [0.717, 1.165) is 12.8 Å². The molecule has 1 rings (SSSR count). The Morgan fingerprint density at radius 2 is 1.04 bits per heavy atom. The minimum Gasteiger partial charge on any atom is -0.508 e. The Balaban J connectivity index is 1.91. The number of carbonyl (C=O) groups is 1. The van der Waals surface area contributed by atoms with Crippen LogP contribution in [0.25, 0.3) is 0 Å². The van der Waals surface area contributed by atoms with Gasteiger partial charge in [0.25, 0.3) is 0 Å². The molecule has 0 aliphatic carbocycles. The molecular formula is C23H38O3. The molecule has 0 fully saturated rings. The van der Waals surface area contributed by atoms with E-state index < -0.39 is 0 Å². The van der Waals surface area contributed by atoms with E-state index in [1.165, 1.54) is 95.2 Å². The summed E-state index contributed by atoms with van der Waals surface area (Å²) in [4.78, 5) is 12.0. The second kappa shape index (κ2) is 14.6. The van der Waals surface area contributed by atoms with Crippen LogP contribution in [-0.4, -0.2) is 16.0 Å². The standard InChI is InChI=1S/C23H38O3/c1-2-3-4-5-6-7-8-9-10-11-12-13-14-15-16-23(26)20-17-21(24)19-22(25)18-20/h17-19,24-25H,2-16H2,1H3. The van der Waals surface area contributed by atoms with Crippen LogP contribution < -0.4 is 0 Å². The van der Waals surface area contributed by atoms with Crippen molar-refractivity contribution in [2.45, 2.75) is 103 Å². The van der Waals surface area contributed by atoms with Crippen LogP contribution in [0, 0.1) is 0 Å². The van der Waals surface area contributed by atoms with Crippen molar-refractivity contribution in [1.82, 2.24) is 0 Å². The summed E-state index contributed by atoms with van der Waals surface area (Å²) in [5.74, 6) is -0.126. The number of benzene rings is 1. The smallest absolute Gasteiger partial charge is 0.163 e. The molecule has 0 aliphatic rings. The topological polar surface area (TPSA) is 57.5 Å². The molecule has 0 saturated carbocycles. The van der Waals surface area contributed by atoms with Crippen LogP contribution in [0.4, 0.5) is 0 Å². The molecule has 0 saturated heterocycles. The molecule has 26 heavy (non-hydrogen) atoms. The Morgan fingerprint density at radius 3 is 1.46 bits per heavy atom. The van der Waals surface area contributed by atoms with Crippen molar-refractivity contribution >= 4 is 5.78 Å². The van der Waals surface area contributed by atoms with Crippen LogP contribution in [0.3, 0.4) is 0 Å². The molecule has 0 aromatic heterocycles. The van der Waals surface area contributed by atoms with Gasteiger partial charge in [-0.15, -0.1) is 0 Å². The van der Waals surface area contributed by atoms with Crippen molar-refractivity contribution in [2.75, 3.05) is 0 Å². The second-order valence-electron chi connectivity index (χ2n) is 7.51. The summed E-state index contributed by atoms with van der Waals surface area (Å²) < 4.78 is 0. The second-order valence-corrected chi connectivity index (χ2v) is 7.51. The summed E-state index contributed by atoms with van der Waals surface area (Å²) in [6, 6.07) is 4.08. The average Bonchev–Trinajstić information content (AvgIpc) is 2.61. The number of phenols is 2. The number of Topliss-reactive ketones (excluding diaryl/α,β-unsaturated/α-hetero) is 1. The van der Waals surface area contributed by atoms with E-state index in [-0.39, 0.29) is 17.3 Å². The fraction of sp³-hybridized carbons (Fsp3) is 0.696. The number of aromatic hydroxyl groups is 2. The first-order chi connectivity index (χ1) is 12.6. The van der Waals surface area contributed by atoms with Crippen LogP contribution in [0.15, 0.2) is 18.2 Å². The lowest BCUT2D eigenvalue weighted by molar-refractivity contribution is 0.0978. The van der Waals surface area contributed by atoms with Gasteiger partial charge in [0.05, 0.1) is 0 Å². The number of unbranched alkanes of at least 4 members (excludes halogenated alkanes) is 13. The van der Waals surface area contributed by atoms with E-state index in [4.69, 9.17) is 0 Å². The predicted molar refractivity (Wildman–Crippen MR) is 109 cm³/mol. The van der Waals surface area contributed by atoms with Gasteiger partial charge >= 0.3 is 0 Å². The van der Waals surface area contributed by atoms with Crippen molar-refractivity contribution in [3.8, 4) is 11.5 Å². The van der Waals surface area contributed by atoms with E-state index >= 15 is 0 Å². The minimum absolute atomic E-state index is 0.00450. The highest BCUT2D eigenvalue weighted by atomic mass is 16.3. The fourth-order valence-electron chi connectivity index (χ4n) is 3.38. The van der Waals surface area contributed by atoms with Gasteiger partial charge in [0, 0.05) is 18.1 Å².